The van der Waals surface area contributed by atoms with Gasteiger partial charge in [-0.2, -0.15) is 0 Å². The second-order valence-corrected chi connectivity index (χ2v) is 6.43. The van der Waals surface area contributed by atoms with E-state index in [1.54, 1.807) is 7.11 Å². The number of amides is 2. The first-order valence-electron chi connectivity index (χ1n) is 9.08. The Balaban J connectivity index is 1.36. The Morgan fingerprint density at radius 2 is 1.74 bits per heavy atom. The van der Waals surface area contributed by atoms with Gasteiger partial charge in [0.25, 0.3) is 0 Å². The molecule has 0 saturated carbocycles. The van der Waals surface area contributed by atoms with Gasteiger partial charge in [-0.05, 0) is 24.3 Å². The third-order valence-electron chi connectivity index (χ3n) is 4.81. The van der Waals surface area contributed by atoms with Gasteiger partial charge < -0.3 is 29.3 Å². The number of piperazine rings is 1. The van der Waals surface area contributed by atoms with Crippen LogP contribution in [-0.4, -0.2) is 57.4 Å². The molecule has 2 aromatic rings. The van der Waals surface area contributed by atoms with E-state index in [4.69, 9.17) is 14.2 Å². The number of para-hydroxylation sites is 2. The van der Waals surface area contributed by atoms with Crippen molar-refractivity contribution in [2.24, 2.45) is 0 Å². The molecule has 1 saturated heterocycles. The number of benzene rings is 2. The van der Waals surface area contributed by atoms with Crippen molar-refractivity contribution in [2.45, 2.75) is 0 Å². The van der Waals surface area contributed by atoms with Crippen LogP contribution >= 0.6 is 0 Å². The summed E-state index contributed by atoms with van der Waals surface area (Å²) < 4.78 is 16.5. The summed E-state index contributed by atoms with van der Waals surface area (Å²) in [6.07, 6.45) is 0. The van der Waals surface area contributed by atoms with Gasteiger partial charge in [-0.25, -0.2) is 4.79 Å². The predicted octanol–water partition coefficient (Wildman–Crippen LogP) is 2.82. The predicted molar refractivity (Wildman–Crippen MR) is 103 cm³/mol. The van der Waals surface area contributed by atoms with Crippen LogP contribution in [0.2, 0.25) is 0 Å². The highest BCUT2D eigenvalue weighted by molar-refractivity contribution is 5.91. The highest BCUT2D eigenvalue weighted by Crippen LogP contribution is 2.34. The van der Waals surface area contributed by atoms with Gasteiger partial charge in [-0.3, -0.25) is 0 Å². The Hall–Kier alpha value is -3.09. The largest absolute Gasteiger partial charge is 0.495 e. The summed E-state index contributed by atoms with van der Waals surface area (Å²) in [5.41, 5.74) is 1.77. The SMILES string of the molecule is COc1ccccc1NC(=O)N1CCN(c2ccc3c(c2)OCCO3)CC1. The molecule has 0 aliphatic carbocycles. The molecule has 0 radical (unpaired) electrons. The number of hydrogen-bond acceptors (Lipinski definition) is 5. The molecule has 1 N–H and O–H groups in total. The number of carbonyl (C=O) groups excluding carboxylic acids is 1. The van der Waals surface area contributed by atoms with Crippen LogP contribution in [0.15, 0.2) is 42.5 Å². The van der Waals surface area contributed by atoms with Crippen molar-refractivity contribution >= 4 is 17.4 Å². The minimum Gasteiger partial charge on any atom is -0.495 e. The second-order valence-electron chi connectivity index (χ2n) is 6.43. The lowest BCUT2D eigenvalue weighted by molar-refractivity contribution is 0.171. The van der Waals surface area contributed by atoms with Gasteiger partial charge in [-0.15, -0.1) is 0 Å². The number of nitrogens with one attached hydrogen (secondary N) is 1. The first-order chi connectivity index (χ1) is 13.2. The molecular weight excluding hydrogens is 346 g/mol. The first kappa shape index (κ1) is 17.3. The van der Waals surface area contributed by atoms with Crippen molar-refractivity contribution in [3.8, 4) is 17.2 Å². The van der Waals surface area contributed by atoms with Gasteiger partial charge in [0.05, 0.1) is 12.8 Å². The highest BCUT2D eigenvalue weighted by Gasteiger charge is 2.23. The number of urea groups is 1. The minimum atomic E-state index is -0.110. The lowest BCUT2D eigenvalue weighted by Crippen LogP contribution is -2.50. The van der Waals surface area contributed by atoms with E-state index in [1.807, 2.05) is 47.4 Å². The second kappa shape index (κ2) is 7.65. The van der Waals surface area contributed by atoms with E-state index in [-0.39, 0.29) is 6.03 Å². The smallest absolute Gasteiger partial charge is 0.322 e. The molecule has 0 spiro atoms. The summed E-state index contributed by atoms with van der Waals surface area (Å²) in [5.74, 6) is 2.23. The Bertz CT molecular complexity index is 819. The van der Waals surface area contributed by atoms with E-state index in [0.29, 0.717) is 37.7 Å². The summed E-state index contributed by atoms with van der Waals surface area (Å²) in [4.78, 5) is 16.7. The Kier molecular flexibility index (Phi) is 4.91. The van der Waals surface area contributed by atoms with Crippen molar-refractivity contribution in [1.82, 2.24) is 4.90 Å². The normalized spacial score (nSPS) is 16.0. The van der Waals surface area contributed by atoms with Crippen LogP contribution in [-0.2, 0) is 0 Å². The molecule has 1 fully saturated rings. The molecule has 2 heterocycles. The number of anilines is 2. The zero-order valence-corrected chi connectivity index (χ0v) is 15.3. The lowest BCUT2D eigenvalue weighted by atomic mass is 10.2. The van der Waals surface area contributed by atoms with E-state index in [9.17, 15) is 4.79 Å². The van der Waals surface area contributed by atoms with E-state index in [0.717, 1.165) is 30.3 Å². The summed E-state index contributed by atoms with van der Waals surface area (Å²) >= 11 is 0. The van der Waals surface area contributed by atoms with Crippen LogP contribution in [0, 0.1) is 0 Å². The van der Waals surface area contributed by atoms with Crippen molar-refractivity contribution in [3.63, 3.8) is 0 Å². The topological polar surface area (TPSA) is 63.3 Å². The number of rotatable bonds is 3. The third kappa shape index (κ3) is 3.72. The molecule has 2 amide bonds. The summed E-state index contributed by atoms with van der Waals surface area (Å²) in [6, 6.07) is 13.3. The zero-order chi connectivity index (χ0) is 18.6. The highest BCUT2D eigenvalue weighted by atomic mass is 16.6. The number of fused-ring (bicyclic) bond motifs is 1. The molecule has 142 valence electrons. The van der Waals surface area contributed by atoms with Crippen LogP contribution in [0.4, 0.5) is 16.2 Å². The van der Waals surface area contributed by atoms with Crippen molar-refractivity contribution in [1.29, 1.82) is 0 Å². The summed E-state index contributed by atoms with van der Waals surface area (Å²) in [6.45, 7) is 3.99. The zero-order valence-electron chi connectivity index (χ0n) is 15.3. The molecule has 0 atom stereocenters. The molecule has 2 aliphatic heterocycles. The van der Waals surface area contributed by atoms with Gasteiger partial charge in [0.15, 0.2) is 11.5 Å². The first-order valence-corrected chi connectivity index (χ1v) is 9.08. The lowest BCUT2D eigenvalue weighted by Gasteiger charge is -2.36. The quantitative estimate of drug-likeness (QED) is 0.901. The van der Waals surface area contributed by atoms with E-state index >= 15 is 0 Å². The van der Waals surface area contributed by atoms with Crippen molar-refractivity contribution in [2.75, 3.05) is 56.7 Å². The average molecular weight is 369 g/mol. The molecule has 2 aliphatic rings. The number of hydrogen-bond donors (Lipinski definition) is 1. The van der Waals surface area contributed by atoms with Crippen LogP contribution in [0.5, 0.6) is 17.2 Å². The Labute approximate surface area is 158 Å². The van der Waals surface area contributed by atoms with Gasteiger partial charge in [0, 0.05) is 37.9 Å². The molecule has 0 bridgehead atoms. The van der Waals surface area contributed by atoms with Gasteiger partial charge in [0.1, 0.15) is 19.0 Å². The molecule has 27 heavy (non-hydrogen) atoms. The van der Waals surface area contributed by atoms with Crippen LogP contribution in [0.3, 0.4) is 0 Å². The summed E-state index contributed by atoms with van der Waals surface area (Å²) in [7, 11) is 1.59. The Morgan fingerprint density at radius 3 is 2.52 bits per heavy atom. The maximum Gasteiger partial charge on any atom is 0.322 e. The fourth-order valence-electron chi connectivity index (χ4n) is 3.34. The molecule has 2 aromatic carbocycles. The van der Waals surface area contributed by atoms with Gasteiger partial charge in [0.2, 0.25) is 0 Å². The van der Waals surface area contributed by atoms with Crippen LogP contribution < -0.4 is 24.4 Å². The number of carbonyl (C=O) groups is 1. The molecule has 0 aromatic heterocycles. The maximum atomic E-state index is 12.6. The van der Waals surface area contributed by atoms with E-state index in [1.165, 1.54) is 0 Å². The molecule has 7 heteroatoms. The number of nitrogens with zero attached hydrogens (tertiary/aromatic N) is 2. The molecular formula is C20H23N3O4. The van der Waals surface area contributed by atoms with Gasteiger partial charge >= 0.3 is 6.03 Å². The van der Waals surface area contributed by atoms with Crippen molar-refractivity contribution < 1.29 is 19.0 Å². The molecule has 7 nitrogen and oxygen atoms in total. The van der Waals surface area contributed by atoms with Gasteiger partial charge in [-0.1, -0.05) is 12.1 Å². The fraction of sp³-hybridized carbons (Fsp3) is 0.350. The molecule has 4 rings (SSSR count). The van der Waals surface area contributed by atoms with Crippen molar-refractivity contribution in [3.05, 3.63) is 42.5 Å². The fourth-order valence-corrected chi connectivity index (χ4v) is 3.34. The standard InChI is InChI=1S/C20H23N3O4/c1-25-17-5-3-2-4-16(17)21-20(24)23-10-8-22(9-11-23)15-6-7-18-19(14-15)27-13-12-26-18/h2-7,14H,8-13H2,1H3,(H,21,24). The van der Waals surface area contributed by atoms with E-state index in [2.05, 4.69) is 10.2 Å². The summed E-state index contributed by atoms with van der Waals surface area (Å²) in [5, 5.41) is 2.93. The average Bonchev–Trinajstić information content (AvgIpc) is 2.74. The number of methoxy groups -OCH3 is 1. The molecule has 0 unspecified atom stereocenters. The van der Waals surface area contributed by atoms with E-state index < -0.39 is 0 Å². The number of ether oxygens (including phenoxy) is 3. The van der Waals surface area contributed by atoms with Crippen LogP contribution in [0.1, 0.15) is 0 Å². The third-order valence-corrected chi connectivity index (χ3v) is 4.81. The maximum absolute atomic E-state index is 12.6. The minimum absolute atomic E-state index is 0.110. The Morgan fingerprint density at radius 1 is 1.00 bits per heavy atom. The van der Waals surface area contributed by atoms with Crippen LogP contribution in [0.25, 0.3) is 0 Å². The monoisotopic (exact) mass is 369 g/mol.